The van der Waals surface area contributed by atoms with Gasteiger partial charge in [0.15, 0.2) is 11.6 Å². The van der Waals surface area contributed by atoms with Gasteiger partial charge in [-0.1, -0.05) is 0 Å². The summed E-state index contributed by atoms with van der Waals surface area (Å²) in [5, 5.41) is 2.13. The van der Waals surface area contributed by atoms with Crippen LogP contribution in [-0.2, 0) is 4.74 Å². The summed E-state index contributed by atoms with van der Waals surface area (Å²) in [4.78, 5) is 19.7. The van der Waals surface area contributed by atoms with Crippen LogP contribution >= 0.6 is 0 Å². The topological polar surface area (TPSA) is 80.6 Å². The number of amides is 1. The van der Waals surface area contributed by atoms with E-state index in [4.69, 9.17) is 10.5 Å². The highest BCUT2D eigenvalue weighted by atomic mass is 19.1. The lowest BCUT2D eigenvalue weighted by atomic mass is 10.2. The molecule has 0 saturated carbocycles. The summed E-state index contributed by atoms with van der Waals surface area (Å²) >= 11 is 0. The van der Waals surface area contributed by atoms with E-state index < -0.39 is 23.8 Å². The summed E-state index contributed by atoms with van der Waals surface area (Å²) < 4.78 is 35.0. The standard InChI is InChI=1S/C21H33F2N7O2/c1-26-4-6-27(7-5-26)8-10-29-11-9-28(3-2-25-29)20-18(22)12-16(13-19(20)23)30-15-17(14-24)32-21(30)31/h12-13,17,25H,2-11,14-15,24H2,1H3/t17-/m0/s1. The van der Waals surface area contributed by atoms with Crippen LogP contribution in [0.2, 0.25) is 0 Å². The van der Waals surface area contributed by atoms with Gasteiger partial charge in [0.2, 0.25) is 0 Å². The fourth-order valence-electron chi connectivity index (χ4n) is 4.39. The Morgan fingerprint density at radius 2 is 1.78 bits per heavy atom. The Hall–Kier alpha value is -2.05. The van der Waals surface area contributed by atoms with Gasteiger partial charge in [-0.05, 0) is 7.05 Å². The van der Waals surface area contributed by atoms with Gasteiger partial charge >= 0.3 is 6.09 Å². The molecule has 3 saturated heterocycles. The molecule has 0 spiro atoms. The van der Waals surface area contributed by atoms with Crippen LogP contribution in [0.25, 0.3) is 0 Å². The van der Waals surface area contributed by atoms with Gasteiger partial charge in [0.1, 0.15) is 11.8 Å². The Balaban J connectivity index is 1.36. The van der Waals surface area contributed by atoms with Crippen molar-refractivity contribution < 1.29 is 18.3 Å². The minimum atomic E-state index is -0.685. The maximum absolute atomic E-state index is 15.0. The SMILES string of the molecule is CN1CCN(CCN2CCN(c3c(F)cc(N4C[C@H](CN)OC4=O)cc3F)CCN2)CC1. The van der Waals surface area contributed by atoms with Gasteiger partial charge in [0, 0.05) is 84.1 Å². The van der Waals surface area contributed by atoms with Crippen molar-refractivity contribution in [2.45, 2.75) is 6.10 Å². The van der Waals surface area contributed by atoms with E-state index in [1.807, 2.05) is 0 Å². The average molecular weight is 454 g/mol. The van der Waals surface area contributed by atoms with Gasteiger partial charge in [-0.2, -0.15) is 0 Å². The lowest BCUT2D eigenvalue weighted by molar-refractivity contribution is 0.121. The molecule has 3 aliphatic rings. The summed E-state index contributed by atoms with van der Waals surface area (Å²) in [6.07, 6.45) is -1.11. The van der Waals surface area contributed by atoms with Crippen LogP contribution in [0, 0.1) is 11.6 Å². The first-order chi connectivity index (χ1) is 15.4. The first kappa shape index (κ1) is 23.1. The Kier molecular flexibility index (Phi) is 7.41. The molecular weight excluding hydrogens is 420 g/mol. The van der Waals surface area contributed by atoms with Gasteiger partial charge in [-0.3, -0.25) is 15.2 Å². The molecule has 3 N–H and O–H groups in total. The lowest BCUT2D eigenvalue weighted by Gasteiger charge is -2.33. The molecule has 0 bridgehead atoms. The van der Waals surface area contributed by atoms with Crippen molar-refractivity contribution in [3.8, 4) is 0 Å². The molecule has 178 valence electrons. The van der Waals surface area contributed by atoms with Crippen molar-refractivity contribution in [1.82, 2.24) is 20.2 Å². The molecule has 0 radical (unpaired) electrons. The molecule has 32 heavy (non-hydrogen) atoms. The highest BCUT2D eigenvalue weighted by molar-refractivity contribution is 5.90. The summed E-state index contributed by atoms with van der Waals surface area (Å²) in [5.74, 6) is -1.37. The van der Waals surface area contributed by atoms with Crippen molar-refractivity contribution in [3.63, 3.8) is 0 Å². The molecule has 1 aromatic carbocycles. The van der Waals surface area contributed by atoms with Crippen LogP contribution in [0.4, 0.5) is 25.0 Å². The molecule has 1 aromatic rings. The second-order valence-electron chi connectivity index (χ2n) is 8.64. The molecule has 3 aliphatic heterocycles. The Bertz CT molecular complexity index is 783. The zero-order valence-corrected chi connectivity index (χ0v) is 18.6. The highest BCUT2D eigenvalue weighted by Gasteiger charge is 2.33. The zero-order valence-electron chi connectivity index (χ0n) is 18.6. The molecule has 11 heteroatoms. The van der Waals surface area contributed by atoms with Crippen molar-refractivity contribution in [2.75, 3.05) is 95.4 Å². The molecule has 0 aliphatic carbocycles. The number of carbonyl (C=O) groups excluding carboxylic acids is 1. The summed E-state index contributed by atoms with van der Waals surface area (Å²) in [6.45, 7) is 8.71. The maximum atomic E-state index is 15.0. The fraction of sp³-hybridized carbons (Fsp3) is 0.667. The third-order valence-corrected chi connectivity index (χ3v) is 6.41. The van der Waals surface area contributed by atoms with Crippen LogP contribution in [0.5, 0.6) is 0 Å². The monoisotopic (exact) mass is 453 g/mol. The van der Waals surface area contributed by atoms with Crippen molar-refractivity contribution in [1.29, 1.82) is 0 Å². The number of nitrogens with two attached hydrogens (primary N) is 1. The second kappa shape index (κ2) is 10.3. The number of piperazine rings is 1. The molecular formula is C21H33F2N7O2. The third-order valence-electron chi connectivity index (χ3n) is 6.41. The quantitative estimate of drug-likeness (QED) is 0.629. The number of benzene rings is 1. The number of nitrogens with zero attached hydrogens (tertiary/aromatic N) is 5. The fourth-order valence-corrected chi connectivity index (χ4v) is 4.39. The largest absolute Gasteiger partial charge is 0.443 e. The average Bonchev–Trinajstić information content (AvgIpc) is 3.00. The molecule has 1 atom stereocenters. The van der Waals surface area contributed by atoms with Gasteiger partial charge < -0.3 is 20.3 Å². The zero-order chi connectivity index (χ0) is 22.7. The molecule has 0 aromatic heterocycles. The van der Waals surface area contributed by atoms with E-state index in [1.165, 1.54) is 17.0 Å². The molecule has 0 unspecified atom stereocenters. The number of hydrogen-bond acceptors (Lipinski definition) is 8. The normalized spacial score (nSPS) is 24.1. The van der Waals surface area contributed by atoms with Crippen LogP contribution in [0.3, 0.4) is 0 Å². The van der Waals surface area contributed by atoms with Crippen LogP contribution in [0.15, 0.2) is 12.1 Å². The Morgan fingerprint density at radius 3 is 2.44 bits per heavy atom. The molecule has 9 nitrogen and oxygen atoms in total. The van der Waals surface area contributed by atoms with E-state index in [1.54, 1.807) is 4.90 Å². The smallest absolute Gasteiger partial charge is 0.414 e. The minimum absolute atomic E-state index is 0.0561. The van der Waals surface area contributed by atoms with Crippen LogP contribution in [0.1, 0.15) is 0 Å². The Morgan fingerprint density at radius 1 is 1.06 bits per heavy atom. The number of likely N-dealkylation sites (N-methyl/N-ethyl adjacent to an activating group) is 1. The van der Waals surface area contributed by atoms with E-state index in [-0.39, 0.29) is 24.5 Å². The second-order valence-corrected chi connectivity index (χ2v) is 8.64. The first-order valence-corrected chi connectivity index (χ1v) is 11.3. The van der Waals surface area contributed by atoms with Crippen molar-refractivity contribution >= 4 is 17.5 Å². The van der Waals surface area contributed by atoms with E-state index in [9.17, 15) is 13.6 Å². The number of halogens is 2. The lowest BCUT2D eigenvalue weighted by Crippen LogP contribution is -2.49. The van der Waals surface area contributed by atoms with Crippen molar-refractivity contribution in [2.24, 2.45) is 5.73 Å². The summed E-state index contributed by atoms with van der Waals surface area (Å²) in [6, 6.07) is 2.39. The van der Waals surface area contributed by atoms with E-state index in [0.29, 0.717) is 26.2 Å². The minimum Gasteiger partial charge on any atom is -0.443 e. The number of hydrogen-bond donors (Lipinski definition) is 2. The number of anilines is 2. The van der Waals surface area contributed by atoms with Gasteiger partial charge in [0.25, 0.3) is 0 Å². The molecule has 1 amide bonds. The van der Waals surface area contributed by atoms with Gasteiger partial charge in [-0.15, -0.1) is 0 Å². The number of nitrogens with one attached hydrogen (secondary N) is 1. The number of cyclic esters (lactones) is 1. The highest BCUT2D eigenvalue weighted by Crippen LogP contribution is 2.31. The first-order valence-electron chi connectivity index (χ1n) is 11.3. The Labute approximate surface area is 187 Å². The van der Waals surface area contributed by atoms with E-state index in [0.717, 1.165) is 39.3 Å². The number of ether oxygens (including phenoxy) is 1. The number of carbonyl (C=O) groups is 1. The maximum Gasteiger partial charge on any atom is 0.414 e. The number of hydrazine groups is 1. The molecule has 4 rings (SSSR count). The van der Waals surface area contributed by atoms with Crippen molar-refractivity contribution in [3.05, 3.63) is 23.8 Å². The van der Waals surface area contributed by atoms with Gasteiger partial charge in [0.05, 0.1) is 12.2 Å². The van der Waals surface area contributed by atoms with Crippen LogP contribution < -0.4 is 21.0 Å². The molecule has 3 heterocycles. The molecule has 3 fully saturated rings. The summed E-state index contributed by atoms with van der Waals surface area (Å²) in [5.41, 5.74) is 9.00. The van der Waals surface area contributed by atoms with Crippen LogP contribution in [-0.4, -0.2) is 113 Å². The summed E-state index contributed by atoms with van der Waals surface area (Å²) in [7, 11) is 2.14. The van der Waals surface area contributed by atoms with E-state index in [2.05, 4.69) is 27.3 Å². The number of rotatable bonds is 6. The predicted octanol–water partition coefficient (Wildman–Crippen LogP) is 0.123. The van der Waals surface area contributed by atoms with Gasteiger partial charge in [-0.25, -0.2) is 18.6 Å². The predicted molar refractivity (Wildman–Crippen MR) is 119 cm³/mol. The van der Waals surface area contributed by atoms with E-state index >= 15 is 0 Å². The third kappa shape index (κ3) is 5.29.